The number of nitrogens with zero attached hydrogens (tertiary/aromatic N) is 4. The molecule has 2 heterocycles. The molecule has 0 saturated heterocycles. The van der Waals surface area contributed by atoms with Crippen molar-refractivity contribution in [1.29, 1.82) is 0 Å². The Morgan fingerprint density at radius 2 is 2.16 bits per heavy atom. The summed E-state index contributed by atoms with van der Waals surface area (Å²) in [5.41, 5.74) is 0.769. The lowest BCUT2D eigenvalue weighted by Gasteiger charge is -1.99. The molecule has 0 aliphatic carbocycles. The predicted octanol–water partition coefficient (Wildman–Crippen LogP) is 3.19. The predicted molar refractivity (Wildman–Crippen MR) is 72.6 cm³/mol. The third-order valence-corrected chi connectivity index (χ3v) is 3.67. The van der Waals surface area contributed by atoms with Crippen molar-refractivity contribution in [2.75, 3.05) is 0 Å². The van der Waals surface area contributed by atoms with Crippen molar-refractivity contribution < 1.29 is 4.39 Å². The van der Waals surface area contributed by atoms with Gasteiger partial charge >= 0.3 is 0 Å². The summed E-state index contributed by atoms with van der Waals surface area (Å²) in [5.74, 6) is 1.08. The van der Waals surface area contributed by atoms with Gasteiger partial charge in [-0.05, 0) is 18.1 Å². The molecule has 0 spiro atoms. The van der Waals surface area contributed by atoms with Crippen molar-refractivity contribution in [2.24, 2.45) is 5.92 Å². The molecule has 0 unspecified atom stereocenters. The molecule has 19 heavy (non-hydrogen) atoms. The second-order valence-electron chi connectivity index (χ2n) is 4.83. The van der Waals surface area contributed by atoms with Gasteiger partial charge in [0.15, 0.2) is 5.82 Å². The number of hydrogen-bond donors (Lipinski definition) is 0. The van der Waals surface area contributed by atoms with E-state index in [1.807, 2.05) is 6.07 Å². The van der Waals surface area contributed by atoms with Crippen LogP contribution in [0.3, 0.4) is 0 Å². The Labute approximate surface area is 113 Å². The first-order valence-corrected chi connectivity index (χ1v) is 6.92. The van der Waals surface area contributed by atoms with E-state index >= 15 is 0 Å². The third kappa shape index (κ3) is 2.35. The van der Waals surface area contributed by atoms with E-state index in [0.29, 0.717) is 5.92 Å². The highest BCUT2D eigenvalue weighted by Gasteiger charge is 2.13. The summed E-state index contributed by atoms with van der Waals surface area (Å²) in [6.07, 6.45) is 0.827. The second kappa shape index (κ2) is 4.70. The minimum absolute atomic E-state index is 0.258. The SMILES string of the molecule is CC(C)Cc1nnc2sc(-c3cccc(F)c3)nn12. The van der Waals surface area contributed by atoms with Crippen LogP contribution in [0.2, 0.25) is 0 Å². The van der Waals surface area contributed by atoms with E-state index in [1.165, 1.54) is 23.5 Å². The first kappa shape index (κ1) is 12.2. The maximum Gasteiger partial charge on any atom is 0.234 e. The largest absolute Gasteiger partial charge is 0.234 e. The number of rotatable bonds is 3. The molecule has 4 nitrogen and oxygen atoms in total. The van der Waals surface area contributed by atoms with E-state index in [0.717, 1.165) is 27.8 Å². The van der Waals surface area contributed by atoms with Gasteiger partial charge in [-0.2, -0.15) is 9.61 Å². The molecule has 98 valence electrons. The average molecular weight is 276 g/mol. The molecular weight excluding hydrogens is 263 g/mol. The van der Waals surface area contributed by atoms with Crippen molar-refractivity contribution in [1.82, 2.24) is 19.8 Å². The standard InChI is InChI=1S/C13H13FN4S/c1-8(2)6-11-15-16-13-18(11)17-12(19-13)9-4-3-5-10(14)7-9/h3-5,7-8H,6H2,1-2H3. The van der Waals surface area contributed by atoms with Gasteiger partial charge in [-0.3, -0.25) is 0 Å². The summed E-state index contributed by atoms with van der Waals surface area (Å²) in [4.78, 5) is 0.745. The zero-order valence-corrected chi connectivity index (χ0v) is 11.5. The molecule has 0 radical (unpaired) electrons. The number of hydrogen-bond acceptors (Lipinski definition) is 4. The minimum atomic E-state index is -0.258. The summed E-state index contributed by atoms with van der Waals surface area (Å²) in [6.45, 7) is 4.25. The van der Waals surface area contributed by atoms with Crippen molar-refractivity contribution in [3.8, 4) is 10.6 Å². The highest BCUT2D eigenvalue weighted by molar-refractivity contribution is 7.19. The smallest absolute Gasteiger partial charge is 0.207 e. The molecule has 0 fully saturated rings. The first-order valence-electron chi connectivity index (χ1n) is 6.10. The number of fused-ring (bicyclic) bond motifs is 1. The molecule has 0 aliphatic rings. The van der Waals surface area contributed by atoms with Crippen LogP contribution in [0.25, 0.3) is 15.5 Å². The summed E-state index contributed by atoms with van der Waals surface area (Å²) in [5, 5.41) is 13.5. The lowest BCUT2D eigenvalue weighted by molar-refractivity contribution is 0.607. The van der Waals surface area contributed by atoms with Crippen molar-refractivity contribution in [2.45, 2.75) is 20.3 Å². The summed E-state index contributed by atoms with van der Waals surface area (Å²) in [7, 11) is 0. The van der Waals surface area contributed by atoms with Gasteiger partial charge in [-0.15, -0.1) is 10.2 Å². The molecule has 1 aromatic carbocycles. The Balaban J connectivity index is 2.04. The van der Waals surface area contributed by atoms with Crippen molar-refractivity contribution in [3.05, 3.63) is 35.9 Å². The lowest BCUT2D eigenvalue weighted by Crippen LogP contribution is -2.01. The van der Waals surface area contributed by atoms with Crippen LogP contribution in [-0.4, -0.2) is 19.8 Å². The first-order chi connectivity index (χ1) is 9.13. The Morgan fingerprint density at radius 1 is 1.32 bits per heavy atom. The molecule has 0 N–H and O–H groups in total. The molecule has 0 aliphatic heterocycles. The average Bonchev–Trinajstić information content (AvgIpc) is 2.91. The van der Waals surface area contributed by atoms with E-state index in [4.69, 9.17) is 0 Å². The molecule has 0 saturated carbocycles. The van der Waals surface area contributed by atoms with Gasteiger partial charge in [0.2, 0.25) is 4.96 Å². The monoisotopic (exact) mass is 276 g/mol. The summed E-state index contributed by atoms with van der Waals surface area (Å²) >= 11 is 1.42. The summed E-state index contributed by atoms with van der Waals surface area (Å²) in [6, 6.07) is 6.43. The van der Waals surface area contributed by atoms with E-state index in [-0.39, 0.29) is 5.82 Å². The van der Waals surface area contributed by atoms with E-state index < -0.39 is 0 Å². The molecule has 3 aromatic rings. The Hall–Kier alpha value is -1.82. The fourth-order valence-corrected chi connectivity index (χ4v) is 2.74. The fourth-order valence-electron chi connectivity index (χ4n) is 1.89. The zero-order valence-electron chi connectivity index (χ0n) is 10.7. The lowest BCUT2D eigenvalue weighted by atomic mass is 10.1. The number of benzene rings is 1. The molecule has 2 aromatic heterocycles. The van der Waals surface area contributed by atoms with Crippen LogP contribution in [0.1, 0.15) is 19.7 Å². The molecular formula is C13H13FN4S. The van der Waals surface area contributed by atoms with Crippen LogP contribution < -0.4 is 0 Å². The zero-order chi connectivity index (χ0) is 13.4. The van der Waals surface area contributed by atoms with Gasteiger partial charge in [0.05, 0.1) is 0 Å². The number of aromatic nitrogens is 4. The highest BCUT2D eigenvalue weighted by atomic mass is 32.1. The summed E-state index contributed by atoms with van der Waals surface area (Å²) < 4.78 is 15.0. The van der Waals surface area contributed by atoms with Gasteiger partial charge in [0.25, 0.3) is 0 Å². The van der Waals surface area contributed by atoms with E-state index in [2.05, 4.69) is 29.1 Å². The van der Waals surface area contributed by atoms with Gasteiger partial charge in [-0.1, -0.05) is 37.3 Å². The van der Waals surface area contributed by atoms with Crippen molar-refractivity contribution in [3.63, 3.8) is 0 Å². The van der Waals surface area contributed by atoms with Crippen LogP contribution >= 0.6 is 11.3 Å². The molecule has 0 atom stereocenters. The van der Waals surface area contributed by atoms with Crippen LogP contribution in [0.4, 0.5) is 4.39 Å². The quantitative estimate of drug-likeness (QED) is 0.738. The molecule has 3 rings (SSSR count). The Morgan fingerprint density at radius 3 is 2.89 bits per heavy atom. The van der Waals surface area contributed by atoms with Gasteiger partial charge in [-0.25, -0.2) is 4.39 Å². The van der Waals surface area contributed by atoms with Gasteiger partial charge < -0.3 is 0 Å². The van der Waals surface area contributed by atoms with Crippen LogP contribution in [0.5, 0.6) is 0 Å². The van der Waals surface area contributed by atoms with Crippen molar-refractivity contribution >= 4 is 16.3 Å². The van der Waals surface area contributed by atoms with Crippen LogP contribution in [0, 0.1) is 11.7 Å². The normalized spacial score (nSPS) is 11.6. The number of halogens is 1. The van der Waals surface area contributed by atoms with Crippen LogP contribution in [0.15, 0.2) is 24.3 Å². The maximum absolute atomic E-state index is 13.2. The maximum atomic E-state index is 13.2. The second-order valence-corrected chi connectivity index (χ2v) is 5.78. The Bertz CT molecular complexity index is 716. The van der Waals surface area contributed by atoms with Crippen LogP contribution in [-0.2, 0) is 6.42 Å². The van der Waals surface area contributed by atoms with E-state index in [1.54, 1.807) is 10.6 Å². The van der Waals surface area contributed by atoms with E-state index in [9.17, 15) is 4.39 Å². The topological polar surface area (TPSA) is 43.1 Å². The third-order valence-electron chi connectivity index (χ3n) is 2.72. The fraction of sp³-hybridized carbons (Fsp3) is 0.308. The molecule has 0 bridgehead atoms. The minimum Gasteiger partial charge on any atom is -0.207 e. The highest BCUT2D eigenvalue weighted by Crippen LogP contribution is 2.26. The van der Waals surface area contributed by atoms with Gasteiger partial charge in [0.1, 0.15) is 10.8 Å². The van der Waals surface area contributed by atoms with Gasteiger partial charge in [0, 0.05) is 12.0 Å². The molecule has 6 heteroatoms. The Kier molecular flexibility index (Phi) is 3.02. The molecule has 0 amide bonds.